The van der Waals surface area contributed by atoms with Gasteiger partial charge in [-0.2, -0.15) is 4.39 Å². The van der Waals surface area contributed by atoms with Gasteiger partial charge in [-0.15, -0.1) is 0 Å². The van der Waals surface area contributed by atoms with Crippen LogP contribution >= 0.6 is 0 Å². The van der Waals surface area contributed by atoms with Crippen LogP contribution in [0.1, 0.15) is 41.2 Å². The van der Waals surface area contributed by atoms with Crippen LogP contribution < -0.4 is 29.6 Å². The number of nitrogens with two attached hydrogens (primary N) is 1. The summed E-state index contributed by atoms with van der Waals surface area (Å²) in [5.41, 5.74) is 10.0. The van der Waals surface area contributed by atoms with Gasteiger partial charge in [-0.3, -0.25) is 0 Å². The fraction of sp³-hybridized carbons (Fsp3) is 0.455. The molecule has 1 aliphatic rings. The first kappa shape index (κ1) is 46.6. The van der Waals surface area contributed by atoms with E-state index in [0.717, 1.165) is 22.4 Å². The largest absolute Gasteiger partial charge is 0.493 e. The summed E-state index contributed by atoms with van der Waals surface area (Å²) in [7, 11) is 3.14. The fourth-order valence-electron chi connectivity index (χ4n) is 6.70. The lowest BCUT2D eigenvalue weighted by Gasteiger charge is -2.36. The lowest BCUT2D eigenvalue weighted by atomic mass is 9.98. The molecule has 0 saturated heterocycles. The van der Waals surface area contributed by atoms with Crippen LogP contribution in [-0.2, 0) is 36.5 Å². The van der Waals surface area contributed by atoms with E-state index in [0.29, 0.717) is 125 Å². The van der Waals surface area contributed by atoms with Crippen molar-refractivity contribution < 1.29 is 51.4 Å². The first-order valence-corrected chi connectivity index (χ1v) is 20.6. The maximum atomic E-state index is 14.7. The highest BCUT2D eigenvalue weighted by atomic mass is 19.2. The van der Waals surface area contributed by atoms with Crippen LogP contribution in [0.3, 0.4) is 0 Å². The molecule has 6 rings (SSSR count). The molecule has 2 N–H and O–H groups in total. The maximum absolute atomic E-state index is 14.7. The van der Waals surface area contributed by atoms with Crippen LogP contribution in [-0.4, -0.2) is 130 Å². The lowest BCUT2D eigenvalue weighted by molar-refractivity contribution is -0.0143. The van der Waals surface area contributed by atoms with Gasteiger partial charge in [-0.05, 0) is 37.6 Å². The Kier molecular flexibility index (Phi) is 17.8. The third-order valence-electron chi connectivity index (χ3n) is 9.86. The number of nitrogens with zero attached hydrogens (tertiary/aromatic N) is 7. The lowest BCUT2D eigenvalue weighted by Crippen LogP contribution is -2.35. The number of hydrogen-bond acceptors (Lipinski definition) is 17. The summed E-state index contributed by atoms with van der Waals surface area (Å²) in [6.45, 7) is 8.11. The molecule has 63 heavy (non-hydrogen) atoms. The third-order valence-corrected chi connectivity index (χ3v) is 9.86. The van der Waals surface area contributed by atoms with Crippen molar-refractivity contribution in [1.82, 2.24) is 29.9 Å². The van der Waals surface area contributed by atoms with Gasteiger partial charge in [0, 0.05) is 73.1 Å². The number of nitrogen functional groups attached to an aromatic ring is 1. The van der Waals surface area contributed by atoms with E-state index < -0.39 is 11.6 Å². The molecular weight excluding hydrogens is 823 g/mol. The van der Waals surface area contributed by atoms with Crippen molar-refractivity contribution >= 4 is 11.5 Å². The second kappa shape index (κ2) is 24.1. The number of ether oxygens (including phenoxy) is 9. The average molecular weight is 877 g/mol. The average Bonchev–Trinajstić information content (AvgIpc) is 3.29. The van der Waals surface area contributed by atoms with Crippen LogP contribution in [0, 0.1) is 18.6 Å². The van der Waals surface area contributed by atoms with E-state index in [9.17, 15) is 8.78 Å². The normalized spacial score (nSPS) is 13.5. The predicted molar refractivity (Wildman–Crippen MR) is 227 cm³/mol. The smallest absolute Gasteiger partial charge is 0.203 e. The number of methoxy groups -OCH3 is 2. The van der Waals surface area contributed by atoms with E-state index in [4.69, 9.17) is 48.4 Å². The minimum absolute atomic E-state index is 0.0285. The summed E-state index contributed by atoms with van der Waals surface area (Å²) < 4.78 is 80.0. The van der Waals surface area contributed by atoms with Crippen molar-refractivity contribution in [2.45, 2.75) is 32.7 Å². The molecule has 17 nitrogen and oxygen atoms in total. The molecule has 4 heterocycles. The van der Waals surface area contributed by atoms with E-state index in [-0.39, 0.29) is 31.6 Å². The quantitative estimate of drug-likeness (QED) is 0.0716. The van der Waals surface area contributed by atoms with Crippen molar-refractivity contribution in [2.75, 3.05) is 111 Å². The second-order valence-electron chi connectivity index (χ2n) is 14.1. The Bertz CT molecular complexity index is 2190. The van der Waals surface area contributed by atoms with Crippen LogP contribution in [0.4, 0.5) is 20.3 Å². The zero-order valence-corrected chi connectivity index (χ0v) is 36.0. The van der Waals surface area contributed by atoms with Gasteiger partial charge in [0.1, 0.15) is 24.9 Å². The van der Waals surface area contributed by atoms with Crippen molar-refractivity contribution in [3.63, 3.8) is 0 Å². The summed E-state index contributed by atoms with van der Waals surface area (Å²) in [6.07, 6.45) is 7.83. The Hall–Kier alpha value is -5.86. The number of rotatable bonds is 26. The number of fused-ring (bicyclic) bond motifs is 1. The number of aromatic nitrogens is 6. The first-order chi connectivity index (χ1) is 30.7. The number of hydrogen-bond donors (Lipinski definition) is 1. The number of halogens is 2. The summed E-state index contributed by atoms with van der Waals surface area (Å²) in [4.78, 5) is 28.0. The Morgan fingerprint density at radius 3 is 1.86 bits per heavy atom. The Balaban J connectivity index is 0.772. The van der Waals surface area contributed by atoms with Crippen LogP contribution in [0.15, 0.2) is 55.1 Å². The van der Waals surface area contributed by atoms with Gasteiger partial charge in [-0.1, -0.05) is 0 Å². The standard InChI is InChI=1S/C44H54F2N8O9/c1-29-34-28-51-44(43-48-7-5-8-49-43)53-36(34)6-9-54(29)33-25-35(45)40(46)37(26-33)62-20-18-60-16-14-58-12-10-57-11-13-59-15-17-61-19-21-63-41-38(55-3)23-31(24-39(41)56-4)22-32-27-50-30(2)52-42(32)47/h5,7-8,23-29H,6,9-22H2,1-4H3,(H2,47,50,52)/t29-/m1/s1. The Morgan fingerprint density at radius 1 is 0.683 bits per heavy atom. The predicted octanol–water partition coefficient (Wildman–Crippen LogP) is 5.16. The molecule has 0 radical (unpaired) electrons. The molecule has 1 atom stereocenters. The van der Waals surface area contributed by atoms with E-state index in [1.54, 1.807) is 52.0 Å². The number of benzene rings is 2. The van der Waals surface area contributed by atoms with Crippen molar-refractivity contribution in [2.24, 2.45) is 0 Å². The van der Waals surface area contributed by atoms with Gasteiger partial charge in [-0.25, -0.2) is 34.3 Å². The van der Waals surface area contributed by atoms with Crippen molar-refractivity contribution in [1.29, 1.82) is 0 Å². The molecular formula is C44H54F2N8O9. The molecule has 0 aliphatic carbocycles. The topological polar surface area (TPSA) is 190 Å². The molecule has 1 aliphatic heterocycles. The van der Waals surface area contributed by atoms with Crippen LogP contribution in [0.5, 0.6) is 23.0 Å². The van der Waals surface area contributed by atoms with Gasteiger partial charge in [0.05, 0.1) is 92.0 Å². The minimum atomic E-state index is -1.05. The van der Waals surface area contributed by atoms with Crippen molar-refractivity contribution in [3.8, 4) is 34.6 Å². The third kappa shape index (κ3) is 13.3. The molecule has 0 unspecified atom stereocenters. The highest BCUT2D eigenvalue weighted by Crippen LogP contribution is 2.40. The summed E-state index contributed by atoms with van der Waals surface area (Å²) in [6, 6.07) is 7.96. The van der Waals surface area contributed by atoms with E-state index >= 15 is 0 Å². The zero-order chi connectivity index (χ0) is 44.4. The van der Waals surface area contributed by atoms with Gasteiger partial charge in [0.2, 0.25) is 11.6 Å². The zero-order valence-electron chi connectivity index (χ0n) is 36.0. The molecule has 338 valence electrons. The summed E-state index contributed by atoms with van der Waals surface area (Å²) >= 11 is 0. The monoisotopic (exact) mass is 876 g/mol. The molecule has 19 heteroatoms. The highest BCUT2D eigenvalue weighted by Gasteiger charge is 2.28. The summed E-state index contributed by atoms with van der Waals surface area (Å²) in [5, 5.41) is 0. The molecule has 0 bridgehead atoms. The molecule has 0 fully saturated rings. The molecule has 3 aromatic heterocycles. The van der Waals surface area contributed by atoms with E-state index in [1.165, 1.54) is 12.1 Å². The second-order valence-corrected chi connectivity index (χ2v) is 14.1. The summed E-state index contributed by atoms with van der Waals surface area (Å²) in [5.74, 6) is 1.23. The molecule has 0 saturated carbocycles. The first-order valence-electron chi connectivity index (χ1n) is 20.6. The molecule has 0 amide bonds. The van der Waals surface area contributed by atoms with Crippen LogP contribution in [0.25, 0.3) is 11.6 Å². The Labute approximate surface area is 365 Å². The van der Waals surface area contributed by atoms with E-state index in [1.807, 2.05) is 24.0 Å². The minimum Gasteiger partial charge on any atom is -0.493 e. The van der Waals surface area contributed by atoms with Crippen LogP contribution in [0.2, 0.25) is 0 Å². The molecule has 0 spiro atoms. The van der Waals surface area contributed by atoms with Gasteiger partial charge in [0.25, 0.3) is 0 Å². The molecule has 5 aromatic rings. The highest BCUT2D eigenvalue weighted by molar-refractivity contribution is 5.57. The number of anilines is 2. The number of aryl methyl sites for hydroxylation is 1. The SMILES string of the molecule is COc1cc(Cc2cnc(C)nc2N)cc(OC)c1OCCOCCOCCOCCOCCOCCOc1cc(N2CCc3nc(-c4ncccn4)ncc3[C@H]2C)cc(F)c1F. The van der Waals surface area contributed by atoms with E-state index in [2.05, 4.69) is 29.9 Å². The van der Waals surface area contributed by atoms with Gasteiger partial charge >= 0.3 is 0 Å². The van der Waals surface area contributed by atoms with Gasteiger partial charge < -0.3 is 53.3 Å². The Morgan fingerprint density at radius 2 is 1.27 bits per heavy atom. The van der Waals surface area contributed by atoms with Crippen molar-refractivity contribution in [3.05, 3.63) is 95.0 Å². The molecule has 2 aromatic carbocycles. The maximum Gasteiger partial charge on any atom is 0.203 e. The fourth-order valence-corrected chi connectivity index (χ4v) is 6.70. The van der Waals surface area contributed by atoms with Gasteiger partial charge in [0.15, 0.2) is 34.7 Å².